The smallest absolute Gasteiger partial charge is 0.237 e. The fourth-order valence-corrected chi connectivity index (χ4v) is 2.30. The number of likely N-dealkylation sites (N-methyl/N-ethyl adjacent to an activating group) is 1. The third-order valence-electron chi connectivity index (χ3n) is 3.23. The fraction of sp³-hybridized carbons (Fsp3) is 0.900. The van der Waals surface area contributed by atoms with E-state index in [1.807, 2.05) is 13.8 Å². The lowest BCUT2D eigenvalue weighted by atomic mass is 9.83. The second kappa shape index (κ2) is 4.09. The van der Waals surface area contributed by atoms with Gasteiger partial charge in [0.25, 0.3) is 0 Å². The normalized spacial score (nSPS) is 22.9. The topological polar surface area (TPSA) is 55.1 Å². The van der Waals surface area contributed by atoms with Crippen molar-refractivity contribution in [1.82, 2.24) is 5.32 Å². The van der Waals surface area contributed by atoms with Crippen LogP contribution in [0.2, 0.25) is 0 Å². The van der Waals surface area contributed by atoms with Crippen LogP contribution in [0.5, 0.6) is 0 Å². The number of nitrogens with two attached hydrogens (primary N) is 1. The summed E-state index contributed by atoms with van der Waals surface area (Å²) in [5.41, 5.74) is 4.95. The highest BCUT2D eigenvalue weighted by Gasteiger charge is 2.39. The van der Waals surface area contributed by atoms with Crippen molar-refractivity contribution in [3.05, 3.63) is 0 Å². The summed E-state index contributed by atoms with van der Waals surface area (Å²) in [6, 6.07) is 0. The standard InChI is InChI=1S/C10H20N2O/c1-3-12-10(2,9(11)13)8-6-4-5-7-8/h8,12H,3-7H2,1-2H3,(H2,11,13). The van der Waals surface area contributed by atoms with Crippen molar-refractivity contribution in [1.29, 1.82) is 0 Å². The van der Waals surface area contributed by atoms with Gasteiger partial charge in [0.2, 0.25) is 5.91 Å². The maximum atomic E-state index is 11.4. The summed E-state index contributed by atoms with van der Waals surface area (Å²) in [5.74, 6) is 0.228. The maximum absolute atomic E-state index is 11.4. The molecule has 0 bridgehead atoms. The van der Waals surface area contributed by atoms with E-state index in [4.69, 9.17) is 5.73 Å². The number of hydrogen-bond donors (Lipinski definition) is 2. The maximum Gasteiger partial charge on any atom is 0.237 e. The highest BCUT2D eigenvalue weighted by molar-refractivity contribution is 5.84. The van der Waals surface area contributed by atoms with Gasteiger partial charge in [0.15, 0.2) is 0 Å². The second-order valence-electron chi connectivity index (χ2n) is 4.08. The molecule has 3 N–H and O–H groups in total. The number of carbonyl (C=O) groups is 1. The second-order valence-corrected chi connectivity index (χ2v) is 4.08. The molecule has 0 saturated heterocycles. The van der Waals surface area contributed by atoms with Crippen molar-refractivity contribution in [3.8, 4) is 0 Å². The van der Waals surface area contributed by atoms with E-state index in [0.717, 1.165) is 19.4 Å². The third-order valence-corrected chi connectivity index (χ3v) is 3.23. The fourth-order valence-electron chi connectivity index (χ4n) is 2.30. The molecule has 76 valence electrons. The molecule has 0 aliphatic heterocycles. The molecule has 1 amide bonds. The number of rotatable bonds is 4. The Morgan fingerprint density at radius 2 is 2.08 bits per heavy atom. The van der Waals surface area contributed by atoms with Gasteiger partial charge in [-0.05, 0) is 32.2 Å². The molecule has 3 heteroatoms. The summed E-state index contributed by atoms with van der Waals surface area (Å²) in [6.07, 6.45) is 4.73. The molecule has 13 heavy (non-hydrogen) atoms. The van der Waals surface area contributed by atoms with Crippen molar-refractivity contribution in [2.45, 2.75) is 45.1 Å². The lowest BCUT2D eigenvalue weighted by Crippen LogP contribution is -2.57. The molecule has 1 unspecified atom stereocenters. The van der Waals surface area contributed by atoms with Gasteiger partial charge in [0.1, 0.15) is 0 Å². The molecule has 0 heterocycles. The summed E-state index contributed by atoms with van der Waals surface area (Å²) in [5, 5.41) is 3.23. The Bertz CT molecular complexity index is 187. The average molecular weight is 184 g/mol. The Kier molecular flexibility index (Phi) is 3.31. The van der Waals surface area contributed by atoms with E-state index < -0.39 is 5.54 Å². The van der Waals surface area contributed by atoms with Crippen molar-refractivity contribution >= 4 is 5.91 Å². The summed E-state index contributed by atoms with van der Waals surface area (Å²) in [6.45, 7) is 4.75. The van der Waals surface area contributed by atoms with Gasteiger partial charge < -0.3 is 11.1 Å². The number of amides is 1. The zero-order valence-corrected chi connectivity index (χ0v) is 8.60. The summed E-state index contributed by atoms with van der Waals surface area (Å²) < 4.78 is 0. The van der Waals surface area contributed by atoms with Crippen molar-refractivity contribution in [2.75, 3.05) is 6.54 Å². The molecule has 1 aliphatic rings. The first-order chi connectivity index (χ1) is 6.11. The van der Waals surface area contributed by atoms with Crippen LogP contribution in [0, 0.1) is 5.92 Å². The first kappa shape index (κ1) is 10.5. The number of nitrogens with one attached hydrogen (secondary N) is 1. The number of hydrogen-bond acceptors (Lipinski definition) is 2. The van der Waals surface area contributed by atoms with Gasteiger partial charge in [0.05, 0.1) is 5.54 Å². The number of primary amides is 1. The molecule has 1 aliphatic carbocycles. The minimum Gasteiger partial charge on any atom is -0.368 e. The Balaban J connectivity index is 2.69. The summed E-state index contributed by atoms with van der Waals surface area (Å²) in [4.78, 5) is 11.4. The molecule has 1 rings (SSSR count). The van der Waals surface area contributed by atoms with Crippen LogP contribution in [0.25, 0.3) is 0 Å². The van der Waals surface area contributed by atoms with Crippen LogP contribution >= 0.6 is 0 Å². The van der Waals surface area contributed by atoms with Crippen LogP contribution < -0.4 is 11.1 Å². The van der Waals surface area contributed by atoms with Crippen molar-refractivity contribution < 1.29 is 4.79 Å². The molecule has 0 aromatic rings. The van der Waals surface area contributed by atoms with E-state index in [2.05, 4.69) is 5.32 Å². The van der Waals surface area contributed by atoms with Gasteiger partial charge in [-0.25, -0.2) is 0 Å². The number of carbonyl (C=O) groups excluding carboxylic acids is 1. The molecule has 0 aromatic carbocycles. The minimum absolute atomic E-state index is 0.207. The molecule has 0 spiro atoms. The van der Waals surface area contributed by atoms with Gasteiger partial charge in [-0.3, -0.25) is 4.79 Å². The molecular weight excluding hydrogens is 164 g/mol. The van der Waals surface area contributed by atoms with Crippen molar-refractivity contribution in [2.24, 2.45) is 11.7 Å². The van der Waals surface area contributed by atoms with Crippen LogP contribution in [0.15, 0.2) is 0 Å². The van der Waals surface area contributed by atoms with E-state index in [-0.39, 0.29) is 5.91 Å². The molecule has 1 atom stereocenters. The minimum atomic E-state index is -0.481. The lowest BCUT2D eigenvalue weighted by molar-refractivity contribution is -0.125. The van der Waals surface area contributed by atoms with Crippen LogP contribution in [0.1, 0.15) is 39.5 Å². The van der Waals surface area contributed by atoms with E-state index in [1.165, 1.54) is 12.8 Å². The van der Waals surface area contributed by atoms with Gasteiger partial charge in [-0.2, -0.15) is 0 Å². The van der Waals surface area contributed by atoms with Gasteiger partial charge >= 0.3 is 0 Å². The zero-order valence-electron chi connectivity index (χ0n) is 8.60. The Morgan fingerprint density at radius 3 is 2.46 bits per heavy atom. The van der Waals surface area contributed by atoms with Gasteiger partial charge in [-0.1, -0.05) is 19.8 Å². The largest absolute Gasteiger partial charge is 0.368 e. The van der Waals surface area contributed by atoms with Crippen LogP contribution in [-0.2, 0) is 4.79 Å². The highest BCUT2D eigenvalue weighted by Crippen LogP contribution is 2.33. The average Bonchev–Trinajstić information content (AvgIpc) is 2.56. The quantitative estimate of drug-likeness (QED) is 0.685. The third kappa shape index (κ3) is 2.02. The van der Waals surface area contributed by atoms with Gasteiger partial charge in [-0.15, -0.1) is 0 Å². The predicted molar refractivity (Wildman–Crippen MR) is 53.2 cm³/mol. The zero-order chi connectivity index (χ0) is 9.90. The predicted octanol–water partition coefficient (Wildman–Crippen LogP) is 1.03. The van der Waals surface area contributed by atoms with E-state index >= 15 is 0 Å². The molecule has 3 nitrogen and oxygen atoms in total. The highest BCUT2D eigenvalue weighted by atomic mass is 16.1. The molecule has 0 radical (unpaired) electrons. The van der Waals surface area contributed by atoms with Crippen LogP contribution in [0.3, 0.4) is 0 Å². The van der Waals surface area contributed by atoms with Crippen LogP contribution in [0.4, 0.5) is 0 Å². The van der Waals surface area contributed by atoms with Crippen molar-refractivity contribution in [3.63, 3.8) is 0 Å². The van der Waals surface area contributed by atoms with E-state index in [9.17, 15) is 4.79 Å². The monoisotopic (exact) mass is 184 g/mol. The van der Waals surface area contributed by atoms with Crippen LogP contribution in [-0.4, -0.2) is 18.0 Å². The summed E-state index contributed by atoms with van der Waals surface area (Å²) >= 11 is 0. The first-order valence-corrected chi connectivity index (χ1v) is 5.16. The van der Waals surface area contributed by atoms with Gasteiger partial charge in [0, 0.05) is 0 Å². The SMILES string of the molecule is CCNC(C)(C(N)=O)C1CCCC1. The Labute approximate surface area is 80.1 Å². The molecular formula is C10H20N2O. The van der Waals surface area contributed by atoms with E-state index in [1.54, 1.807) is 0 Å². The Morgan fingerprint density at radius 1 is 1.54 bits per heavy atom. The molecule has 1 fully saturated rings. The Hall–Kier alpha value is -0.570. The molecule has 1 saturated carbocycles. The molecule has 0 aromatic heterocycles. The summed E-state index contributed by atoms with van der Waals surface area (Å²) in [7, 11) is 0. The van der Waals surface area contributed by atoms with E-state index in [0.29, 0.717) is 5.92 Å². The lowest BCUT2D eigenvalue weighted by Gasteiger charge is -2.33. The first-order valence-electron chi connectivity index (χ1n) is 5.16.